The smallest absolute Gasteiger partial charge is 0.124 e. The van der Waals surface area contributed by atoms with Crippen LogP contribution in [-0.4, -0.2) is 51.0 Å². The molecule has 0 spiro atoms. The molecule has 3 rings (SSSR count). The molecule has 6 heteroatoms. The number of likely N-dealkylation sites (tertiary alicyclic amines) is 1. The lowest BCUT2D eigenvalue weighted by Crippen LogP contribution is -2.37. The second kappa shape index (κ2) is 9.85. The maximum Gasteiger partial charge on any atom is 0.124 e. The van der Waals surface area contributed by atoms with Crippen molar-refractivity contribution in [1.82, 2.24) is 4.90 Å². The van der Waals surface area contributed by atoms with E-state index in [2.05, 4.69) is 11.0 Å². The number of rotatable bonds is 8. The summed E-state index contributed by atoms with van der Waals surface area (Å²) in [7, 11) is 4.90. The van der Waals surface area contributed by atoms with E-state index in [0.29, 0.717) is 18.2 Å². The maximum absolute atomic E-state index is 10.8. The van der Waals surface area contributed by atoms with E-state index in [0.717, 1.165) is 55.1 Å². The number of nitrogen functional groups attached to an aromatic ring is 1. The molecule has 1 aliphatic heterocycles. The second-order valence-electron chi connectivity index (χ2n) is 7.64. The predicted octanol–water partition coefficient (Wildman–Crippen LogP) is 3.28. The number of benzene rings is 2. The molecule has 0 aliphatic carbocycles. The summed E-state index contributed by atoms with van der Waals surface area (Å²) >= 11 is 0. The number of methoxy groups -OCH3 is 3. The number of β-amino-alcohol motifs (C(OH)–C–C–N with tert-alkyl or cyclic N) is 1. The molecular formula is C23H32N2O4. The summed E-state index contributed by atoms with van der Waals surface area (Å²) in [6, 6.07) is 11.5. The highest BCUT2D eigenvalue weighted by Gasteiger charge is 2.24. The highest BCUT2D eigenvalue weighted by atomic mass is 16.5. The summed E-state index contributed by atoms with van der Waals surface area (Å²) in [5.41, 5.74) is 8.92. The van der Waals surface area contributed by atoms with Crippen LogP contribution < -0.4 is 19.9 Å². The Hall–Kier alpha value is -2.44. The Kier molecular flexibility index (Phi) is 7.23. The van der Waals surface area contributed by atoms with Gasteiger partial charge < -0.3 is 30.0 Å². The van der Waals surface area contributed by atoms with Gasteiger partial charge in [-0.25, -0.2) is 0 Å². The Balaban J connectivity index is 1.55. The van der Waals surface area contributed by atoms with Crippen molar-refractivity contribution < 1.29 is 19.3 Å². The molecule has 1 heterocycles. The van der Waals surface area contributed by atoms with Crippen LogP contribution in [0, 0.1) is 5.92 Å². The van der Waals surface area contributed by atoms with Crippen LogP contribution in [0.4, 0.5) is 5.69 Å². The molecule has 3 N–H and O–H groups in total. The minimum absolute atomic E-state index is 0.584. The molecule has 1 aliphatic rings. The van der Waals surface area contributed by atoms with Gasteiger partial charge in [-0.3, -0.25) is 0 Å². The summed E-state index contributed by atoms with van der Waals surface area (Å²) in [5.74, 6) is 2.80. The van der Waals surface area contributed by atoms with Crippen LogP contribution >= 0.6 is 0 Å². The fraction of sp³-hybridized carbons (Fsp3) is 0.478. The summed E-state index contributed by atoms with van der Waals surface area (Å²) < 4.78 is 15.9. The first-order chi connectivity index (χ1) is 14.0. The maximum atomic E-state index is 10.8. The first-order valence-electron chi connectivity index (χ1n) is 10.1. The zero-order valence-corrected chi connectivity index (χ0v) is 17.6. The third kappa shape index (κ3) is 5.34. The van der Waals surface area contributed by atoms with Gasteiger partial charge in [-0.05, 0) is 68.1 Å². The minimum atomic E-state index is -0.617. The quantitative estimate of drug-likeness (QED) is 0.662. The number of aliphatic hydroxyl groups excluding tert-OH is 1. The summed E-state index contributed by atoms with van der Waals surface area (Å²) in [4.78, 5) is 2.32. The summed E-state index contributed by atoms with van der Waals surface area (Å²) in [6.07, 6.45) is 2.55. The molecule has 0 radical (unpaired) electrons. The zero-order valence-electron chi connectivity index (χ0n) is 17.6. The third-order valence-electron chi connectivity index (χ3n) is 5.80. The van der Waals surface area contributed by atoms with E-state index in [4.69, 9.17) is 19.9 Å². The topological polar surface area (TPSA) is 77.2 Å². The van der Waals surface area contributed by atoms with Crippen LogP contribution in [0.2, 0.25) is 0 Å². The molecule has 2 aromatic rings. The average Bonchev–Trinajstić information content (AvgIpc) is 2.75. The number of hydrogen-bond acceptors (Lipinski definition) is 6. The van der Waals surface area contributed by atoms with Crippen molar-refractivity contribution in [2.45, 2.75) is 25.4 Å². The lowest BCUT2D eigenvalue weighted by atomic mass is 9.89. The fourth-order valence-corrected chi connectivity index (χ4v) is 4.01. The van der Waals surface area contributed by atoms with E-state index in [1.54, 1.807) is 21.3 Å². The summed E-state index contributed by atoms with van der Waals surface area (Å²) in [6.45, 7) is 2.51. The Morgan fingerprint density at radius 1 is 1.00 bits per heavy atom. The van der Waals surface area contributed by atoms with Crippen molar-refractivity contribution in [3.05, 3.63) is 47.5 Å². The normalized spacial score (nSPS) is 16.4. The largest absolute Gasteiger partial charge is 0.497 e. The number of hydrogen-bond donors (Lipinski definition) is 2. The number of anilines is 1. The number of aliphatic hydroxyl groups is 1. The van der Waals surface area contributed by atoms with Crippen LogP contribution in [-0.2, 0) is 6.42 Å². The lowest BCUT2D eigenvalue weighted by molar-refractivity contribution is 0.0875. The molecule has 1 fully saturated rings. The summed E-state index contributed by atoms with van der Waals surface area (Å²) in [5, 5.41) is 10.8. The highest BCUT2D eigenvalue weighted by molar-refractivity contribution is 5.51. The molecule has 0 aromatic heterocycles. The molecule has 1 atom stereocenters. The Morgan fingerprint density at radius 3 is 2.28 bits per heavy atom. The van der Waals surface area contributed by atoms with E-state index >= 15 is 0 Å². The van der Waals surface area contributed by atoms with Crippen molar-refractivity contribution in [2.24, 2.45) is 5.92 Å². The first-order valence-corrected chi connectivity index (χ1v) is 10.1. The van der Waals surface area contributed by atoms with Gasteiger partial charge in [-0.1, -0.05) is 6.07 Å². The van der Waals surface area contributed by atoms with Gasteiger partial charge >= 0.3 is 0 Å². The van der Waals surface area contributed by atoms with Crippen molar-refractivity contribution in [3.63, 3.8) is 0 Å². The van der Waals surface area contributed by atoms with Gasteiger partial charge in [0.25, 0.3) is 0 Å². The van der Waals surface area contributed by atoms with E-state index in [1.165, 1.54) is 5.56 Å². The van der Waals surface area contributed by atoms with Crippen LogP contribution in [0.1, 0.15) is 30.1 Å². The van der Waals surface area contributed by atoms with E-state index in [9.17, 15) is 5.11 Å². The Labute approximate surface area is 173 Å². The van der Waals surface area contributed by atoms with E-state index < -0.39 is 6.10 Å². The van der Waals surface area contributed by atoms with Gasteiger partial charge in [-0.15, -0.1) is 0 Å². The molecule has 158 valence electrons. The van der Waals surface area contributed by atoms with Gasteiger partial charge in [-0.2, -0.15) is 0 Å². The minimum Gasteiger partial charge on any atom is -0.497 e. The van der Waals surface area contributed by atoms with E-state index in [1.807, 2.05) is 30.3 Å². The van der Waals surface area contributed by atoms with Crippen molar-refractivity contribution in [2.75, 3.05) is 46.7 Å². The number of nitrogens with two attached hydrogens (primary N) is 1. The molecule has 29 heavy (non-hydrogen) atoms. The Morgan fingerprint density at radius 2 is 1.66 bits per heavy atom. The second-order valence-corrected chi connectivity index (χ2v) is 7.64. The van der Waals surface area contributed by atoms with Gasteiger partial charge in [0.05, 0.1) is 27.4 Å². The molecule has 1 saturated heterocycles. The molecular weight excluding hydrogens is 368 g/mol. The average molecular weight is 401 g/mol. The van der Waals surface area contributed by atoms with Crippen LogP contribution in [0.3, 0.4) is 0 Å². The van der Waals surface area contributed by atoms with Gasteiger partial charge in [0.2, 0.25) is 0 Å². The first kappa shape index (κ1) is 21.3. The van der Waals surface area contributed by atoms with Crippen LogP contribution in [0.5, 0.6) is 17.2 Å². The van der Waals surface area contributed by atoms with E-state index in [-0.39, 0.29) is 0 Å². The van der Waals surface area contributed by atoms with Crippen molar-refractivity contribution >= 4 is 5.69 Å². The monoisotopic (exact) mass is 400 g/mol. The van der Waals surface area contributed by atoms with Crippen LogP contribution in [0.15, 0.2) is 36.4 Å². The van der Waals surface area contributed by atoms with Crippen molar-refractivity contribution in [1.29, 1.82) is 0 Å². The van der Waals surface area contributed by atoms with Gasteiger partial charge in [0.15, 0.2) is 0 Å². The molecule has 1 unspecified atom stereocenters. The molecule has 2 aromatic carbocycles. The number of nitrogens with zero attached hydrogens (tertiary/aromatic N) is 1. The van der Waals surface area contributed by atoms with Crippen molar-refractivity contribution in [3.8, 4) is 17.2 Å². The lowest BCUT2D eigenvalue weighted by Gasteiger charge is -2.33. The molecule has 0 bridgehead atoms. The number of piperidine rings is 1. The molecule has 0 amide bonds. The molecule has 0 saturated carbocycles. The standard InChI is InChI=1S/C23H32N2O4/c1-27-18-6-7-23(29-3)20(13-18)22(26)15-25-10-8-16(9-11-25)12-17-4-5-19(28-2)14-21(17)24/h4-7,13-14,16,22,26H,8-12,15,24H2,1-3H3. The van der Waals surface area contributed by atoms with Gasteiger partial charge in [0, 0.05) is 23.9 Å². The highest BCUT2D eigenvalue weighted by Crippen LogP contribution is 2.31. The number of ether oxygens (including phenoxy) is 3. The fourth-order valence-electron chi connectivity index (χ4n) is 4.01. The zero-order chi connectivity index (χ0) is 20.8. The SMILES string of the molecule is COc1ccc(CC2CCN(CC(O)c3cc(OC)ccc3OC)CC2)c(N)c1. The third-order valence-corrected chi connectivity index (χ3v) is 5.80. The molecule has 6 nitrogen and oxygen atoms in total. The Bertz CT molecular complexity index is 803. The van der Waals surface area contributed by atoms with Crippen LogP contribution in [0.25, 0.3) is 0 Å². The predicted molar refractivity (Wildman–Crippen MR) is 115 cm³/mol. The van der Waals surface area contributed by atoms with Gasteiger partial charge in [0.1, 0.15) is 17.2 Å².